The molecule has 1 aromatic heterocycles. The summed E-state index contributed by atoms with van der Waals surface area (Å²) >= 11 is 6.28. The summed E-state index contributed by atoms with van der Waals surface area (Å²) in [4.78, 5) is 11.3. The van der Waals surface area contributed by atoms with Gasteiger partial charge in [-0.3, -0.25) is 0 Å². The van der Waals surface area contributed by atoms with Crippen molar-refractivity contribution >= 4 is 17.6 Å². The molecule has 6 rings (SSSR count). The number of carbonyl (C=O) groups is 1. The van der Waals surface area contributed by atoms with Gasteiger partial charge >= 0.3 is 5.97 Å². The molecular formula is C24H28ClNO3. The SMILES string of the molecule is CC(NCc1ccc(-c2cc(C(=O)O)ccc2Cl)o1)C12CC3CC(CC(C3)C1)C2. The maximum atomic E-state index is 11.3. The topological polar surface area (TPSA) is 62.5 Å². The molecule has 4 bridgehead atoms. The number of carboxylic acid groups (broad SMARTS) is 1. The van der Waals surface area contributed by atoms with Gasteiger partial charge in [0, 0.05) is 11.6 Å². The van der Waals surface area contributed by atoms with Gasteiger partial charge in [0.2, 0.25) is 0 Å². The molecule has 4 aliphatic carbocycles. The Hall–Kier alpha value is -1.78. The maximum Gasteiger partial charge on any atom is 0.335 e. The summed E-state index contributed by atoms with van der Waals surface area (Å²) in [5.41, 5.74) is 1.28. The molecule has 0 spiro atoms. The summed E-state index contributed by atoms with van der Waals surface area (Å²) < 4.78 is 6.01. The van der Waals surface area contributed by atoms with Gasteiger partial charge in [0.15, 0.2) is 0 Å². The third-order valence-electron chi connectivity index (χ3n) is 7.73. The Morgan fingerprint density at radius 2 is 1.83 bits per heavy atom. The lowest BCUT2D eigenvalue weighted by Crippen LogP contribution is -2.54. The van der Waals surface area contributed by atoms with Crippen LogP contribution in [-0.4, -0.2) is 17.1 Å². The monoisotopic (exact) mass is 413 g/mol. The van der Waals surface area contributed by atoms with E-state index in [9.17, 15) is 9.90 Å². The predicted octanol–water partition coefficient (Wildman–Crippen LogP) is 5.99. The van der Waals surface area contributed by atoms with Crippen molar-refractivity contribution in [3.63, 3.8) is 0 Å². The number of aromatic carboxylic acids is 1. The molecule has 0 saturated heterocycles. The van der Waals surface area contributed by atoms with Gasteiger partial charge in [0.25, 0.3) is 0 Å². The zero-order valence-electron chi connectivity index (χ0n) is 16.8. The van der Waals surface area contributed by atoms with Crippen molar-refractivity contribution in [3.8, 4) is 11.3 Å². The molecule has 0 radical (unpaired) electrons. The number of nitrogens with one attached hydrogen (secondary N) is 1. The van der Waals surface area contributed by atoms with Crippen LogP contribution in [0.3, 0.4) is 0 Å². The van der Waals surface area contributed by atoms with Crippen molar-refractivity contribution in [2.45, 2.75) is 58.0 Å². The van der Waals surface area contributed by atoms with Crippen LogP contribution in [0.5, 0.6) is 0 Å². The first-order chi connectivity index (χ1) is 13.9. The molecule has 29 heavy (non-hydrogen) atoms. The second-order valence-corrected chi connectivity index (χ2v) is 10.1. The highest BCUT2D eigenvalue weighted by atomic mass is 35.5. The second kappa shape index (κ2) is 7.17. The van der Waals surface area contributed by atoms with Crippen molar-refractivity contribution < 1.29 is 14.3 Å². The van der Waals surface area contributed by atoms with Crippen LogP contribution in [0.15, 0.2) is 34.7 Å². The number of rotatable bonds is 6. The first-order valence-electron chi connectivity index (χ1n) is 10.8. The Balaban J connectivity index is 1.28. The molecule has 2 aromatic rings. The molecule has 4 fully saturated rings. The predicted molar refractivity (Wildman–Crippen MR) is 113 cm³/mol. The van der Waals surface area contributed by atoms with E-state index in [1.165, 1.54) is 44.6 Å². The van der Waals surface area contributed by atoms with E-state index >= 15 is 0 Å². The number of halogens is 1. The molecular weight excluding hydrogens is 386 g/mol. The summed E-state index contributed by atoms with van der Waals surface area (Å²) in [5.74, 6) is 3.34. The summed E-state index contributed by atoms with van der Waals surface area (Å²) in [5, 5.41) is 13.5. The lowest BCUT2D eigenvalue weighted by Gasteiger charge is -2.59. The van der Waals surface area contributed by atoms with Gasteiger partial charge in [0.05, 0.1) is 17.1 Å². The Bertz CT molecular complexity index is 899. The van der Waals surface area contributed by atoms with Gasteiger partial charge in [-0.2, -0.15) is 0 Å². The van der Waals surface area contributed by atoms with Gasteiger partial charge in [-0.15, -0.1) is 0 Å². The molecule has 4 aliphatic rings. The van der Waals surface area contributed by atoms with Crippen LogP contribution in [0.2, 0.25) is 5.02 Å². The van der Waals surface area contributed by atoms with E-state index in [1.807, 2.05) is 12.1 Å². The lowest BCUT2D eigenvalue weighted by molar-refractivity contribution is -0.0708. The number of hydrogen-bond acceptors (Lipinski definition) is 3. The summed E-state index contributed by atoms with van der Waals surface area (Å²) in [6.07, 6.45) is 8.54. The molecule has 0 aliphatic heterocycles. The van der Waals surface area contributed by atoms with Gasteiger partial charge in [-0.05, 0) is 98.9 Å². The molecule has 154 valence electrons. The van der Waals surface area contributed by atoms with E-state index in [-0.39, 0.29) is 5.56 Å². The first kappa shape index (κ1) is 19.2. The van der Waals surface area contributed by atoms with Gasteiger partial charge in [0.1, 0.15) is 11.5 Å². The van der Waals surface area contributed by atoms with E-state index in [1.54, 1.807) is 12.1 Å². The largest absolute Gasteiger partial charge is 0.478 e. The van der Waals surface area contributed by atoms with Gasteiger partial charge in [-0.1, -0.05) is 11.6 Å². The van der Waals surface area contributed by atoms with E-state index < -0.39 is 5.97 Å². The summed E-state index contributed by atoms with van der Waals surface area (Å²) in [6, 6.07) is 8.99. The Morgan fingerprint density at radius 1 is 1.17 bits per heavy atom. The number of furan rings is 1. The third-order valence-corrected chi connectivity index (χ3v) is 8.06. The minimum absolute atomic E-state index is 0.205. The van der Waals surface area contributed by atoms with Crippen LogP contribution in [-0.2, 0) is 6.54 Å². The number of hydrogen-bond donors (Lipinski definition) is 2. The zero-order chi connectivity index (χ0) is 20.2. The Morgan fingerprint density at radius 3 is 2.45 bits per heavy atom. The minimum atomic E-state index is -0.972. The molecule has 1 aromatic carbocycles. The average molecular weight is 414 g/mol. The van der Waals surface area contributed by atoms with Crippen LogP contribution in [0, 0.1) is 23.2 Å². The standard InChI is InChI=1S/C24H28ClNO3/c1-14(24-10-15-6-16(11-24)8-17(7-15)12-24)26-13-19-3-5-22(29-19)20-9-18(23(27)28)2-4-21(20)25/h2-5,9,14-17,26H,6-8,10-13H2,1H3,(H,27,28). The van der Waals surface area contributed by atoms with Crippen molar-refractivity contribution in [2.75, 3.05) is 0 Å². The molecule has 1 unspecified atom stereocenters. The van der Waals surface area contributed by atoms with Crippen LogP contribution in [0.1, 0.15) is 61.6 Å². The van der Waals surface area contributed by atoms with E-state index in [4.69, 9.17) is 16.0 Å². The van der Waals surface area contributed by atoms with Crippen LogP contribution in [0.4, 0.5) is 0 Å². The Kier molecular flexibility index (Phi) is 4.75. The molecule has 5 heteroatoms. The third kappa shape index (κ3) is 3.51. The Labute approximate surface area is 176 Å². The number of benzene rings is 1. The van der Waals surface area contributed by atoms with Crippen LogP contribution < -0.4 is 5.32 Å². The van der Waals surface area contributed by atoms with Gasteiger partial charge < -0.3 is 14.8 Å². The van der Waals surface area contributed by atoms with Crippen LogP contribution in [0.25, 0.3) is 11.3 Å². The second-order valence-electron chi connectivity index (χ2n) is 9.65. The lowest BCUT2D eigenvalue weighted by atomic mass is 9.48. The number of carboxylic acids is 1. The fourth-order valence-corrected chi connectivity index (χ4v) is 6.85. The van der Waals surface area contributed by atoms with E-state index in [0.29, 0.717) is 34.3 Å². The highest BCUT2D eigenvalue weighted by molar-refractivity contribution is 6.33. The average Bonchev–Trinajstić information content (AvgIpc) is 3.14. The van der Waals surface area contributed by atoms with Gasteiger partial charge in [-0.25, -0.2) is 4.79 Å². The summed E-state index contributed by atoms with van der Waals surface area (Å²) in [6.45, 7) is 3.03. The van der Waals surface area contributed by atoms with Crippen LogP contribution >= 0.6 is 11.6 Å². The normalized spacial score (nSPS) is 31.2. The zero-order valence-corrected chi connectivity index (χ0v) is 17.5. The minimum Gasteiger partial charge on any atom is -0.478 e. The molecule has 4 nitrogen and oxygen atoms in total. The van der Waals surface area contributed by atoms with Crippen molar-refractivity contribution in [3.05, 3.63) is 46.7 Å². The smallest absolute Gasteiger partial charge is 0.335 e. The van der Waals surface area contributed by atoms with E-state index in [0.717, 1.165) is 23.5 Å². The van der Waals surface area contributed by atoms with Crippen molar-refractivity contribution in [1.82, 2.24) is 5.32 Å². The van der Waals surface area contributed by atoms with E-state index in [2.05, 4.69) is 12.2 Å². The quantitative estimate of drug-likeness (QED) is 0.610. The highest BCUT2D eigenvalue weighted by Crippen LogP contribution is 2.61. The van der Waals surface area contributed by atoms with Crippen molar-refractivity contribution in [1.29, 1.82) is 0 Å². The first-order valence-corrected chi connectivity index (χ1v) is 11.1. The highest BCUT2D eigenvalue weighted by Gasteiger charge is 2.52. The molecule has 4 saturated carbocycles. The molecule has 1 atom stereocenters. The molecule has 2 N–H and O–H groups in total. The molecule has 0 amide bonds. The molecule has 1 heterocycles. The maximum absolute atomic E-state index is 11.3. The van der Waals surface area contributed by atoms with Crippen molar-refractivity contribution in [2.24, 2.45) is 23.2 Å². The summed E-state index contributed by atoms with van der Waals surface area (Å²) in [7, 11) is 0. The fourth-order valence-electron chi connectivity index (χ4n) is 6.64. The fraction of sp³-hybridized carbons (Fsp3) is 0.542.